The minimum Gasteiger partial charge on any atom is -0.481 e. The van der Waals surface area contributed by atoms with Gasteiger partial charge in [0.25, 0.3) is 0 Å². The zero-order valence-corrected chi connectivity index (χ0v) is 17.3. The fraction of sp³-hybridized carbons (Fsp3) is 0.130. The predicted octanol–water partition coefficient (Wildman–Crippen LogP) is 5.28. The van der Waals surface area contributed by atoms with Crippen molar-refractivity contribution < 1.29 is 23.8 Å². The molecule has 148 valence electrons. The Bertz CT molecular complexity index is 1000. The molecule has 0 unspecified atom stereocenters. The van der Waals surface area contributed by atoms with Crippen LogP contribution in [0, 0.1) is 0 Å². The van der Waals surface area contributed by atoms with Crippen molar-refractivity contribution >= 4 is 27.9 Å². The summed E-state index contributed by atoms with van der Waals surface area (Å²) >= 11 is 3.47. The summed E-state index contributed by atoms with van der Waals surface area (Å²) in [6, 6.07) is 21.8. The third kappa shape index (κ3) is 5.68. The first-order chi connectivity index (χ1) is 14.1. The molecule has 29 heavy (non-hydrogen) atoms. The number of ether oxygens (including phenoxy) is 3. The monoisotopic (exact) mass is 454 g/mol. The number of carbonyl (C=O) groups excluding carboxylic acids is 2. The van der Waals surface area contributed by atoms with Crippen molar-refractivity contribution in [2.24, 2.45) is 0 Å². The maximum absolute atomic E-state index is 12.1. The van der Waals surface area contributed by atoms with Crippen LogP contribution in [-0.2, 0) is 9.53 Å². The Morgan fingerprint density at radius 2 is 1.69 bits per heavy atom. The predicted molar refractivity (Wildman–Crippen MR) is 113 cm³/mol. The summed E-state index contributed by atoms with van der Waals surface area (Å²) in [5.41, 5.74) is 2.43. The molecule has 0 radical (unpaired) electrons. The van der Waals surface area contributed by atoms with Crippen LogP contribution in [0.3, 0.4) is 0 Å². The first kappa shape index (κ1) is 20.6. The highest BCUT2D eigenvalue weighted by atomic mass is 79.9. The van der Waals surface area contributed by atoms with Crippen molar-refractivity contribution in [3.05, 3.63) is 82.8 Å². The third-order valence-corrected chi connectivity index (χ3v) is 4.58. The zero-order valence-electron chi connectivity index (χ0n) is 15.8. The largest absolute Gasteiger partial charge is 0.481 e. The summed E-state index contributed by atoms with van der Waals surface area (Å²) in [4.78, 5) is 23.9. The molecule has 0 aliphatic heterocycles. The van der Waals surface area contributed by atoms with Crippen LogP contribution in [0.4, 0.5) is 0 Å². The quantitative estimate of drug-likeness (QED) is 0.359. The molecule has 6 heteroatoms. The van der Waals surface area contributed by atoms with Gasteiger partial charge >= 0.3 is 11.9 Å². The molecule has 0 aliphatic rings. The van der Waals surface area contributed by atoms with Crippen LogP contribution in [0.5, 0.6) is 11.5 Å². The van der Waals surface area contributed by atoms with Crippen LogP contribution in [0.2, 0.25) is 0 Å². The van der Waals surface area contributed by atoms with Crippen molar-refractivity contribution in [1.29, 1.82) is 0 Å². The number of esters is 2. The van der Waals surface area contributed by atoms with Crippen LogP contribution >= 0.6 is 15.9 Å². The van der Waals surface area contributed by atoms with E-state index in [1.54, 1.807) is 31.2 Å². The van der Waals surface area contributed by atoms with Gasteiger partial charge in [0, 0.05) is 0 Å². The number of rotatable bonds is 7. The molecule has 0 amide bonds. The van der Waals surface area contributed by atoms with E-state index < -0.39 is 11.9 Å². The van der Waals surface area contributed by atoms with Crippen molar-refractivity contribution in [2.45, 2.75) is 6.92 Å². The summed E-state index contributed by atoms with van der Waals surface area (Å²) in [6.07, 6.45) is 0. The summed E-state index contributed by atoms with van der Waals surface area (Å²) in [6.45, 7) is 1.73. The van der Waals surface area contributed by atoms with Crippen LogP contribution in [0.25, 0.3) is 11.1 Å². The Labute approximate surface area is 177 Å². The van der Waals surface area contributed by atoms with Crippen molar-refractivity contribution in [3.8, 4) is 22.6 Å². The number of hydrogen-bond acceptors (Lipinski definition) is 5. The summed E-state index contributed by atoms with van der Waals surface area (Å²) in [7, 11) is 0. The average molecular weight is 455 g/mol. The van der Waals surface area contributed by atoms with Gasteiger partial charge in [-0.2, -0.15) is 0 Å². The van der Waals surface area contributed by atoms with Crippen LogP contribution in [0.1, 0.15) is 17.3 Å². The van der Waals surface area contributed by atoms with Crippen LogP contribution in [-0.4, -0.2) is 25.2 Å². The fourth-order valence-electron chi connectivity index (χ4n) is 2.63. The van der Waals surface area contributed by atoms with E-state index in [0.29, 0.717) is 11.3 Å². The maximum Gasteiger partial charge on any atom is 0.349 e. The first-order valence-corrected chi connectivity index (χ1v) is 9.81. The van der Waals surface area contributed by atoms with Crippen molar-refractivity contribution in [3.63, 3.8) is 0 Å². The lowest BCUT2D eigenvalue weighted by Gasteiger charge is -2.10. The van der Waals surface area contributed by atoms with Crippen molar-refractivity contribution in [1.82, 2.24) is 0 Å². The van der Waals surface area contributed by atoms with Crippen LogP contribution < -0.4 is 9.47 Å². The minimum atomic E-state index is -0.579. The molecule has 0 heterocycles. The fourth-order valence-corrected chi connectivity index (χ4v) is 3.12. The molecule has 0 spiro atoms. The SMILES string of the molecule is CCOC(=O)c1cccc(OC(=O)COc2ccc(-c3ccccc3)cc2Br)c1. The summed E-state index contributed by atoms with van der Waals surface area (Å²) < 4.78 is 16.5. The first-order valence-electron chi connectivity index (χ1n) is 9.02. The van der Waals surface area contributed by atoms with Gasteiger partial charge < -0.3 is 14.2 Å². The Kier molecular flexibility index (Phi) is 7.03. The topological polar surface area (TPSA) is 61.8 Å². The number of hydrogen-bond donors (Lipinski definition) is 0. The lowest BCUT2D eigenvalue weighted by atomic mass is 10.1. The van der Waals surface area contributed by atoms with Gasteiger partial charge in [-0.1, -0.05) is 42.5 Å². The van der Waals surface area contributed by atoms with E-state index in [1.165, 1.54) is 6.07 Å². The van der Waals surface area contributed by atoms with Gasteiger partial charge in [0.05, 0.1) is 16.6 Å². The Morgan fingerprint density at radius 3 is 2.41 bits per heavy atom. The van der Waals surface area contributed by atoms with E-state index in [9.17, 15) is 9.59 Å². The van der Waals surface area contributed by atoms with Crippen molar-refractivity contribution in [2.75, 3.05) is 13.2 Å². The van der Waals surface area contributed by atoms with E-state index in [2.05, 4.69) is 15.9 Å². The molecular formula is C23H19BrO5. The summed E-state index contributed by atoms with van der Waals surface area (Å²) in [5.74, 6) is -0.265. The highest BCUT2D eigenvalue weighted by Gasteiger charge is 2.12. The molecule has 0 bridgehead atoms. The third-order valence-electron chi connectivity index (χ3n) is 3.96. The van der Waals surface area contributed by atoms with Gasteiger partial charge in [-0.05, 0) is 64.3 Å². The lowest BCUT2D eigenvalue weighted by Crippen LogP contribution is -2.18. The van der Waals surface area contributed by atoms with Gasteiger partial charge in [-0.25, -0.2) is 9.59 Å². The number of halogens is 1. The average Bonchev–Trinajstić information content (AvgIpc) is 2.74. The maximum atomic E-state index is 12.1. The second kappa shape index (κ2) is 9.89. The summed E-state index contributed by atoms with van der Waals surface area (Å²) in [5, 5.41) is 0. The molecule has 0 atom stereocenters. The smallest absolute Gasteiger partial charge is 0.349 e. The molecule has 0 aromatic heterocycles. The van der Waals surface area contributed by atoms with E-state index in [-0.39, 0.29) is 19.0 Å². The van der Waals surface area contributed by atoms with Gasteiger partial charge in [0.2, 0.25) is 0 Å². The molecule has 5 nitrogen and oxygen atoms in total. The molecule has 3 rings (SSSR count). The molecule has 0 saturated carbocycles. The molecule has 0 N–H and O–H groups in total. The number of carbonyl (C=O) groups is 2. The normalized spacial score (nSPS) is 10.3. The highest BCUT2D eigenvalue weighted by molar-refractivity contribution is 9.10. The lowest BCUT2D eigenvalue weighted by molar-refractivity contribution is -0.136. The van der Waals surface area contributed by atoms with Gasteiger partial charge in [0.1, 0.15) is 11.5 Å². The minimum absolute atomic E-state index is 0.252. The second-order valence-electron chi connectivity index (χ2n) is 6.02. The highest BCUT2D eigenvalue weighted by Crippen LogP contribution is 2.30. The standard InChI is InChI=1S/C23H19BrO5/c1-2-27-23(26)18-9-6-10-19(13-18)29-22(25)15-28-21-12-11-17(14-20(21)24)16-7-4-3-5-8-16/h3-14H,2,15H2,1H3. The molecule has 0 fully saturated rings. The molecule has 3 aromatic rings. The van der Waals surface area contributed by atoms with Gasteiger partial charge in [0.15, 0.2) is 6.61 Å². The Balaban J connectivity index is 1.60. The molecule has 0 aliphatic carbocycles. The zero-order chi connectivity index (χ0) is 20.6. The molecule has 3 aromatic carbocycles. The molecular weight excluding hydrogens is 436 g/mol. The van der Waals surface area contributed by atoms with E-state index in [0.717, 1.165) is 15.6 Å². The van der Waals surface area contributed by atoms with Gasteiger partial charge in [-0.15, -0.1) is 0 Å². The van der Waals surface area contributed by atoms with Crippen LogP contribution in [0.15, 0.2) is 77.3 Å². The number of benzene rings is 3. The Hall–Kier alpha value is -3.12. The van der Waals surface area contributed by atoms with E-state index in [1.807, 2.05) is 42.5 Å². The Morgan fingerprint density at radius 1 is 0.897 bits per heavy atom. The van der Waals surface area contributed by atoms with Gasteiger partial charge in [-0.3, -0.25) is 0 Å². The van der Waals surface area contributed by atoms with E-state index >= 15 is 0 Å². The van der Waals surface area contributed by atoms with E-state index in [4.69, 9.17) is 14.2 Å². The second-order valence-corrected chi connectivity index (χ2v) is 6.88. The molecule has 0 saturated heterocycles.